The highest BCUT2D eigenvalue weighted by molar-refractivity contribution is 5.89. The number of halogens is 3. The molecule has 4 aromatic rings. The van der Waals surface area contributed by atoms with Gasteiger partial charge in [-0.15, -0.1) is 5.10 Å². The molecular formula is C19H10F3N5O4. The minimum atomic E-state index is -5.33. The molecule has 3 aromatic heterocycles. The van der Waals surface area contributed by atoms with E-state index in [1.165, 1.54) is 12.1 Å². The summed E-state index contributed by atoms with van der Waals surface area (Å²) in [6.45, 7) is 0. The minimum absolute atomic E-state index is 0.000573. The third-order valence-corrected chi connectivity index (χ3v) is 4.18. The zero-order valence-corrected chi connectivity index (χ0v) is 15.3. The predicted octanol–water partition coefficient (Wildman–Crippen LogP) is 1.72. The number of carbonyl (C=O) groups excluding carboxylic acids is 1. The predicted molar refractivity (Wildman–Crippen MR) is 103 cm³/mol. The SMILES string of the molecule is O=C(On1nnc2c(=O)[nH]c3cc(C=Cc4ccncc4)ccc3c(=O)c21)C(F)(F)F. The van der Waals surface area contributed by atoms with Crippen LogP contribution in [0.25, 0.3) is 34.1 Å². The molecule has 156 valence electrons. The van der Waals surface area contributed by atoms with Gasteiger partial charge in [0, 0.05) is 17.8 Å². The van der Waals surface area contributed by atoms with Crippen LogP contribution in [-0.4, -0.2) is 37.3 Å². The van der Waals surface area contributed by atoms with E-state index in [2.05, 4.69) is 25.1 Å². The number of H-pyrrole nitrogens is 1. The van der Waals surface area contributed by atoms with E-state index in [-0.39, 0.29) is 15.7 Å². The number of hydrogen-bond donors (Lipinski definition) is 1. The maximum atomic E-state index is 12.9. The summed E-state index contributed by atoms with van der Waals surface area (Å²) in [5, 5.41) is 6.51. The number of aromatic amines is 1. The normalized spacial score (nSPS) is 12.0. The highest BCUT2D eigenvalue weighted by Gasteiger charge is 2.42. The number of nitrogens with zero attached hydrogens (tertiary/aromatic N) is 4. The molecule has 0 saturated carbocycles. The van der Waals surface area contributed by atoms with Crippen molar-refractivity contribution in [1.29, 1.82) is 0 Å². The van der Waals surface area contributed by atoms with Crippen LogP contribution in [0.4, 0.5) is 13.2 Å². The second-order valence-corrected chi connectivity index (χ2v) is 6.24. The monoisotopic (exact) mass is 429 g/mol. The maximum Gasteiger partial charge on any atom is 0.493 e. The number of rotatable bonds is 3. The Labute approximate surface area is 169 Å². The molecule has 0 aliphatic carbocycles. The number of pyridine rings is 1. The second-order valence-electron chi connectivity index (χ2n) is 6.24. The molecule has 0 unspecified atom stereocenters. The van der Waals surface area contributed by atoms with Gasteiger partial charge in [0.1, 0.15) is 0 Å². The summed E-state index contributed by atoms with van der Waals surface area (Å²) in [7, 11) is 0. The summed E-state index contributed by atoms with van der Waals surface area (Å²) in [5.74, 6) is -2.62. The van der Waals surface area contributed by atoms with Gasteiger partial charge in [-0.05, 0) is 40.6 Å². The van der Waals surface area contributed by atoms with Gasteiger partial charge in [-0.3, -0.25) is 14.6 Å². The lowest BCUT2D eigenvalue weighted by Crippen LogP contribution is -2.34. The molecule has 0 atom stereocenters. The van der Waals surface area contributed by atoms with Crippen molar-refractivity contribution in [3.8, 4) is 0 Å². The summed E-state index contributed by atoms with van der Waals surface area (Å²) in [5.41, 5.74) is -1.46. The molecule has 0 amide bonds. The van der Waals surface area contributed by atoms with E-state index in [0.717, 1.165) is 5.56 Å². The van der Waals surface area contributed by atoms with Crippen LogP contribution in [0.5, 0.6) is 0 Å². The topological polar surface area (TPSA) is 120 Å². The van der Waals surface area contributed by atoms with Crippen molar-refractivity contribution < 1.29 is 22.8 Å². The third-order valence-electron chi connectivity index (χ3n) is 4.18. The molecule has 1 N–H and O–H groups in total. The molecule has 31 heavy (non-hydrogen) atoms. The fourth-order valence-electron chi connectivity index (χ4n) is 2.75. The number of benzene rings is 1. The van der Waals surface area contributed by atoms with Crippen LogP contribution in [0.3, 0.4) is 0 Å². The van der Waals surface area contributed by atoms with Crippen molar-refractivity contribution in [2.24, 2.45) is 0 Å². The Morgan fingerprint density at radius 1 is 1.06 bits per heavy atom. The van der Waals surface area contributed by atoms with Gasteiger partial charge in [0.2, 0.25) is 5.43 Å². The molecule has 12 heteroatoms. The van der Waals surface area contributed by atoms with E-state index in [4.69, 9.17) is 0 Å². The van der Waals surface area contributed by atoms with Crippen LogP contribution in [-0.2, 0) is 4.79 Å². The minimum Gasteiger partial charge on any atom is -0.320 e. The molecule has 0 aliphatic rings. The maximum absolute atomic E-state index is 12.9. The lowest BCUT2D eigenvalue weighted by Gasteiger charge is -2.04. The Morgan fingerprint density at radius 2 is 1.77 bits per heavy atom. The molecule has 1 aromatic carbocycles. The largest absolute Gasteiger partial charge is 0.493 e. The molecule has 0 radical (unpaired) electrons. The molecular weight excluding hydrogens is 419 g/mol. The molecule has 0 spiro atoms. The Balaban J connectivity index is 1.85. The average Bonchev–Trinajstić information content (AvgIpc) is 3.11. The van der Waals surface area contributed by atoms with Crippen molar-refractivity contribution in [1.82, 2.24) is 25.1 Å². The first kappa shape index (κ1) is 19.9. The smallest absolute Gasteiger partial charge is 0.320 e. The lowest BCUT2D eigenvalue weighted by atomic mass is 10.1. The summed E-state index contributed by atoms with van der Waals surface area (Å²) < 4.78 is 37.5. The number of hydrogen-bond acceptors (Lipinski definition) is 7. The van der Waals surface area contributed by atoms with Gasteiger partial charge in [-0.25, -0.2) is 4.79 Å². The van der Waals surface area contributed by atoms with Gasteiger partial charge >= 0.3 is 12.1 Å². The molecule has 4 rings (SSSR count). The lowest BCUT2D eigenvalue weighted by molar-refractivity contribution is -0.201. The second kappa shape index (κ2) is 7.48. The van der Waals surface area contributed by atoms with Crippen LogP contribution >= 0.6 is 0 Å². The van der Waals surface area contributed by atoms with Crippen molar-refractivity contribution in [2.45, 2.75) is 6.18 Å². The van der Waals surface area contributed by atoms with Gasteiger partial charge in [0.25, 0.3) is 5.56 Å². The standard InChI is InChI=1S/C19H10F3N5O4/c20-19(21,22)18(30)31-27-15-14(25-26-27)17(29)24-13-9-11(3-4-12(13)16(15)28)2-1-10-5-7-23-8-6-10/h1-9H,(H,24,29). The van der Waals surface area contributed by atoms with Crippen LogP contribution in [0, 0.1) is 0 Å². The third kappa shape index (κ3) is 3.90. The van der Waals surface area contributed by atoms with Gasteiger partial charge in [0.15, 0.2) is 11.0 Å². The molecule has 0 aliphatic heterocycles. The van der Waals surface area contributed by atoms with E-state index in [0.29, 0.717) is 5.56 Å². The summed E-state index contributed by atoms with van der Waals surface area (Å²) in [6, 6.07) is 8.01. The summed E-state index contributed by atoms with van der Waals surface area (Å²) in [6.07, 6.45) is 1.43. The first-order valence-electron chi connectivity index (χ1n) is 8.57. The van der Waals surface area contributed by atoms with Crippen molar-refractivity contribution >= 4 is 40.1 Å². The van der Waals surface area contributed by atoms with Crippen LogP contribution < -0.4 is 15.8 Å². The first-order valence-corrected chi connectivity index (χ1v) is 8.57. The summed E-state index contributed by atoms with van der Waals surface area (Å²) >= 11 is 0. The van der Waals surface area contributed by atoms with E-state index in [9.17, 15) is 27.6 Å². The van der Waals surface area contributed by atoms with Crippen molar-refractivity contribution in [3.63, 3.8) is 0 Å². The molecule has 0 fully saturated rings. The van der Waals surface area contributed by atoms with Crippen LogP contribution in [0.1, 0.15) is 11.1 Å². The fraction of sp³-hybridized carbons (Fsp3) is 0.0526. The Morgan fingerprint density at radius 3 is 2.48 bits per heavy atom. The zero-order chi connectivity index (χ0) is 22.2. The Hall–Kier alpha value is -4.35. The highest BCUT2D eigenvalue weighted by atomic mass is 19.4. The van der Waals surface area contributed by atoms with Gasteiger partial charge < -0.3 is 9.82 Å². The average molecular weight is 429 g/mol. The van der Waals surface area contributed by atoms with E-state index < -0.39 is 34.2 Å². The molecule has 3 heterocycles. The van der Waals surface area contributed by atoms with Crippen molar-refractivity contribution in [3.05, 3.63) is 74.4 Å². The molecule has 0 saturated heterocycles. The number of carbonyl (C=O) groups is 1. The van der Waals surface area contributed by atoms with E-state index in [1.54, 1.807) is 42.7 Å². The van der Waals surface area contributed by atoms with Crippen molar-refractivity contribution in [2.75, 3.05) is 0 Å². The van der Waals surface area contributed by atoms with Crippen LogP contribution in [0.15, 0.2) is 52.3 Å². The number of alkyl halides is 3. The zero-order valence-electron chi connectivity index (χ0n) is 15.3. The highest BCUT2D eigenvalue weighted by Crippen LogP contribution is 2.16. The first-order chi connectivity index (χ1) is 14.7. The molecule has 9 nitrogen and oxygen atoms in total. The quantitative estimate of drug-likeness (QED) is 0.493. The van der Waals surface area contributed by atoms with Crippen LogP contribution in [0.2, 0.25) is 0 Å². The number of fused-ring (bicyclic) bond motifs is 2. The van der Waals surface area contributed by atoms with Gasteiger partial charge in [0.05, 0.1) is 5.52 Å². The van der Waals surface area contributed by atoms with E-state index >= 15 is 0 Å². The van der Waals surface area contributed by atoms with Gasteiger partial charge in [-0.1, -0.05) is 23.1 Å². The number of aromatic nitrogens is 5. The fourth-order valence-corrected chi connectivity index (χ4v) is 2.75. The van der Waals surface area contributed by atoms with E-state index in [1.807, 2.05) is 0 Å². The summed E-state index contributed by atoms with van der Waals surface area (Å²) in [4.78, 5) is 46.9. The Kier molecular flexibility index (Phi) is 4.81. The number of nitrogens with one attached hydrogen (secondary N) is 1. The molecule has 0 bridgehead atoms. The van der Waals surface area contributed by atoms with Gasteiger partial charge in [-0.2, -0.15) is 13.2 Å². The Bertz CT molecular complexity index is 1460.